The average molecular weight is 200 g/mol. The van der Waals surface area contributed by atoms with Crippen LogP contribution in [-0.4, -0.2) is 12.3 Å². The van der Waals surface area contributed by atoms with E-state index in [0.29, 0.717) is 5.57 Å². The van der Waals surface area contributed by atoms with Gasteiger partial charge in [0.25, 0.3) is 0 Å². The molecule has 0 aliphatic heterocycles. The molecule has 0 saturated heterocycles. The maximum absolute atomic E-state index is 11.1. The summed E-state index contributed by atoms with van der Waals surface area (Å²) in [6.07, 6.45) is 3.10. The fourth-order valence-corrected chi connectivity index (χ4v) is 0.725. The maximum atomic E-state index is 11.1. The Balaban J connectivity index is 3.84. The highest BCUT2D eigenvalue weighted by Gasteiger charge is 2.09. The van der Waals surface area contributed by atoms with E-state index >= 15 is 0 Å². The Morgan fingerprint density at radius 1 is 1.57 bits per heavy atom. The molecule has 0 fully saturated rings. The third-order valence-electron chi connectivity index (χ3n) is 1.38. The molecule has 0 bridgehead atoms. The predicted octanol–water partition coefficient (Wildman–Crippen LogP) is 2.32. The number of hydrogen-bond acceptors (Lipinski definition) is 4. The van der Waals surface area contributed by atoms with Gasteiger partial charge < -0.3 is 4.74 Å². The largest absolute Gasteiger partial charge is 0.470 e. The van der Waals surface area contributed by atoms with Crippen molar-refractivity contribution in [2.45, 2.75) is 33.5 Å². The molecule has 0 N–H and O–H groups in total. The highest BCUT2D eigenvalue weighted by atomic mass is 17.2. The van der Waals surface area contributed by atoms with Gasteiger partial charge in [0.2, 0.25) is 6.29 Å². The lowest BCUT2D eigenvalue weighted by atomic mass is 10.2. The highest BCUT2D eigenvalue weighted by Crippen LogP contribution is 2.01. The van der Waals surface area contributed by atoms with E-state index < -0.39 is 12.3 Å². The molecule has 80 valence electrons. The minimum Gasteiger partial charge on any atom is -0.470 e. The van der Waals surface area contributed by atoms with E-state index in [1.165, 1.54) is 6.26 Å². The number of allylic oxidation sites excluding steroid dienone is 1. The van der Waals surface area contributed by atoms with Crippen LogP contribution in [0.5, 0.6) is 0 Å². The lowest BCUT2D eigenvalue weighted by Crippen LogP contribution is -2.15. The lowest BCUT2D eigenvalue weighted by Gasteiger charge is -2.09. The van der Waals surface area contributed by atoms with Crippen LogP contribution in [0.1, 0.15) is 27.2 Å². The Kier molecular flexibility index (Phi) is 6.49. The van der Waals surface area contributed by atoms with Crippen molar-refractivity contribution in [2.75, 3.05) is 0 Å². The van der Waals surface area contributed by atoms with E-state index in [1.54, 1.807) is 19.9 Å². The van der Waals surface area contributed by atoms with E-state index in [-0.39, 0.29) is 0 Å². The van der Waals surface area contributed by atoms with Crippen molar-refractivity contribution in [3.8, 4) is 0 Å². The summed E-state index contributed by atoms with van der Waals surface area (Å²) >= 11 is 0. The first-order chi connectivity index (χ1) is 6.61. The molecule has 0 amide bonds. The normalized spacial score (nSPS) is 13.2. The Bertz CT molecular complexity index is 220. The fourth-order valence-electron chi connectivity index (χ4n) is 0.725. The maximum Gasteiger partial charge on any atom is 0.368 e. The molecule has 0 aromatic rings. The quantitative estimate of drug-likeness (QED) is 0.217. The number of carbonyl (C=O) groups excluding carboxylic acids is 1. The van der Waals surface area contributed by atoms with Crippen LogP contribution >= 0.6 is 0 Å². The van der Waals surface area contributed by atoms with Gasteiger partial charge in [-0.2, -0.15) is 0 Å². The van der Waals surface area contributed by atoms with Crippen LogP contribution in [0.15, 0.2) is 24.5 Å². The minimum atomic E-state index is -0.647. The van der Waals surface area contributed by atoms with Crippen molar-refractivity contribution in [3.05, 3.63) is 24.5 Å². The predicted molar refractivity (Wildman–Crippen MR) is 52.0 cm³/mol. The van der Waals surface area contributed by atoms with E-state index in [0.717, 1.165) is 6.42 Å². The first-order valence-corrected chi connectivity index (χ1v) is 4.42. The first kappa shape index (κ1) is 12.7. The second kappa shape index (κ2) is 7.15. The van der Waals surface area contributed by atoms with Crippen molar-refractivity contribution in [1.29, 1.82) is 0 Å². The summed E-state index contributed by atoms with van der Waals surface area (Å²) in [5.74, 6) is -0.508. The molecule has 0 aliphatic rings. The average Bonchev–Trinajstić information content (AvgIpc) is 2.15. The van der Waals surface area contributed by atoms with Crippen molar-refractivity contribution < 1.29 is 19.3 Å². The highest BCUT2D eigenvalue weighted by molar-refractivity contribution is 5.87. The first-order valence-electron chi connectivity index (χ1n) is 4.42. The standard InChI is InChI=1S/C10H16O4/c1-5-7-8(3)10(11)14-13-9(4)12-6-2/h6-7,9H,2,5H2,1,3-4H3. The summed E-state index contributed by atoms with van der Waals surface area (Å²) in [5.41, 5.74) is 0.512. The lowest BCUT2D eigenvalue weighted by molar-refractivity contribution is -0.335. The topological polar surface area (TPSA) is 44.8 Å². The smallest absolute Gasteiger partial charge is 0.368 e. The fraction of sp³-hybridized carbons (Fsp3) is 0.500. The van der Waals surface area contributed by atoms with Crippen LogP contribution in [0.4, 0.5) is 0 Å². The molecule has 0 heterocycles. The van der Waals surface area contributed by atoms with Gasteiger partial charge in [-0.3, -0.25) is 4.89 Å². The minimum absolute atomic E-state index is 0.508. The van der Waals surface area contributed by atoms with Crippen LogP contribution in [0.2, 0.25) is 0 Å². The molecule has 0 aromatic heterocycles. The van der Waals surface area contributed by atoms with Gasteiger partial charge in [0, 0.05) is 12.5 Å². The summed E-state index contributed by atoms with van der Waals surface area (Å²) in [6, 6.07) is 0. The van der Waals surface area contributed by atoms with E-state index in [2.05, 4.69) is 16.4 Å². The van der Waals surface area contributed by atoms with Gasteiger partial charge in [0.05, 0.1) is 6.26 Å². The number of hydrogen-bond donors (Lipinski definition) is 0. The molecule has 4 heteroatoms. The molecule has 1 atom stereocenters. The van der Waals surface area contributed by atoms with Gasteiger partial charge in [-0.05, 0) is 13.3 Å². The van der Waals surface area contributed by atoms with Crippen LogP contribution in [0, 0.1) is 0 Å². The number of ether oxygens (including phenoxy) is 1. The van der Waals surface area contributed by atoms with Crippen LogP contribution < -0.4 is 0 Å². The zero-order valence-electron chi connectivity index (χ0n) is 8.78. The molecular weight excluding hydrogens is 184 g/mol. The zero-order chi connectivity index (χ0) is 11.0. The van der Waals surface area contributed by atoms with Gasteiger partial charge in [-0.25, -0.2) is 4.79 Å². The molecule has 0 spiro atoms. The Hall–Kier alpha value is -1.29. The Morgan fingerprint density at radius 2 is 2.21 bits per heavy atom. The van der Waals surface area contributed by atoms with Crippen molar-refractivity contribution in [3.63, 3.8) is 0 Å². The monoisotopic (exact) mass is 200 g/mol. The van der Waals surface area contributed by atoms with Gasteiger partial charge in [0.1, 0.15) is 0 Å². The summed E-state index contributed by atoms with van der Waals surface area (Å²) < 4.78 is 4.78. The Morgan fingerprint density at radius 3 is 2.71 bits per heavy atom. The van der Waals surface area contributed by atoms with Gasteiger partial charge in [-0.15, -0.1) is 4.89 Å². The zero-order valence-corrected chi connectivity index (χ0v) is 8.78. The van der Waals surface area contributed by atoms with Crippen LogP contribution in [0.3, 0.4) is 0 Å². The molecule has 0 saturated carbocycles. The molecule has 0 rings (SSSR count). The molecule has 0 aromatic carbocycles. The van der Waals surface area contributed by atoms with Crippen molar-refractivity contribution in [2.24, 2.45) is 0 Å². The summed E-state index contributed by atoms with van der Waals surface area (Å²) in [6.45, 7) is 8.52. The van der Waals surface area contributed by atoms with Crippen LogP contribution in [0.25, 0.3) is 0 Å². The SMILES string of the molecule is C=COC(C)OOC(=O)C(C)=CCC. The van der Waals surface area contributed by atoms with Gasteiger partial charge >= 0.3 is 5.97 Å². The Labute approximate surface area is 84.1 Å². The summed E-state index contributed by atoms with van der Waals surface area (Å²) in [7, 11) is 0. The molecule has 0 radical (unpaired) electrons. The molecule has 1 unspecified atom stereocenters. The number of rotatable bonds is 6. The van der Waals surface area contributed by atoms with Crippen LogP contribution in [-0.2, 0) is 19.3 Å². The van der Waals surface area contributed by atoms with Gasteiger partial charge in [-0.1, -0.05) is 19.6 Å². The van der Waals surface area contributed by atoms with Crippen molar-refractivity contribution in [1.82, 2.24) is 0 Å². The van der Waals surface area contributed by atoms with E-state index in [4.69, 9.17) is 4.74 Å². The third-order valence-corrected chi connectivity index (χ3v) is 1.38. The van der Waals surface area contributed by atoms with E-state index in [1.807, 2.05) is 6.92 Å². The molecular formula is C10H16O4. The van der Waals surface area contributed by atoms with E-state index in [9.17, 15) is 4.79 Å². The number of carbonyl (C=O) groups is 1. The second-order valence-corrected chi connectivity index (χ2v) is 2.63. The summed E-state index contributed by atoms with van der Waals surface area (Å²) in [5, 5.41) is 0. The summed E-state index contributed by atoms with van der Waals surface area (Å²) in [4.78, 5) is 20.3. The molecule has 0 aliphatic carbocycles. The second-order valence-electron chi connectivity index (χ2n) is 2.63. The van der Waals surface area contributed by atoms with Gasteiger partial charge in [0.15, 0.2) is 0 Å². The molecule has 14 heavy (non-hydrogen) atoms. The third kappa shape index (κ3) is 5.37. The van der Waals surface area contributed by atoms with Crippen molar-refractivity contribution >= 4 is 5.97 Å². The molecule has 4 nitrogen and oxygen atoms in total.